The summed E-state index contributed by atoms with van der Waals surface area (Å²) >= 11 is 0. The van der Waals surface area contributed by atoms with E-state index in [2.05, 4.69) is 42.3 Å². The standard InChI is InChI=1S/C25H32N2O3/c1-25(2)16-22(21-6-4-5-7-23(21)30-25)26-24(28)19-12-14-27(15-13-19)17-18-8-10-20(29-3)11-9-18/h4-11,19,22H,12-17H2,1-3H3,(H,26,28)/t22-/m1/s1. The molecule has 160 valence electrons. The Hall–Kier alpha value is -2.53. The van der Waals surface area contributed by atoms with Gasteiger partial charge in [-0.15, -0.1) is 0 Å². The predicted molar refractivity (Wildman–Crippen MR) is 118 cm³/mol. The minimum Gasteiger partial charge on any atom is -0.497 e. The number of ether oxygens (including phenoxy) is 2. The second-order valence-electron chi connectivity index (χ2n) is 9.06. The Kier molecular flexibility index (Phi) is 6.00. The lowest BCUT2D eigenvalue weighted by Gasteiger charge is -2.39. The van der Waals surface area contributed by atoms with Gasteiger partial charge in [-0.3, -0.25) is 9.69 Å². The number of hydrogen-bond donors (Lipinski definition) is 1. The average Bonchev–Trinajstić information content (AvgIpc) is 2.74. The lowest BCUT2D eigenvalue weighted by molar-refractivity contribution is -0.127. The van der Waals surface area contributed by atoms with Gasteiger partial charge in [0.25, 0.3) is 0 Å². The first-order valence-electron chi connectivity index (χ1n) is 10.9. The molecule has 0 bridgehead atoms. The van der Waals surface area contributed by atoms with Crippen LogP contribution in [0.25, 0.3) is 0 Å². The van der Waals surface area contributed by atoms with E-state index >= 15 is 0 Å². The topological polar surface area (TPSA) is 50.8 Å². The summed E-state index contributed by atoms with van der Waals surface area (Å²) in [6, 6.07) is 16.3. The fourth-order valence-corrected chi connectivity index (χ4v) is 4.56. The van der Waals surface area contributed by atoms with Crippen molar-refractivity contribution in [3.8, 4) is 11.5 Å². The van der Waals surface area contributed by atoms with Gasteiger partial charge in [0.15, 0.2) is 0 Å². The molecule has 0 spiro atoms. The molecule has 2 aliphatic rings. The zero-order valence-corrected chi connectivity index (χ0v) is 18.2. The van der Waals surface area contributed by atoms with Crippen molar-refractivity contribution < 1.29 is 14.3 Å². The van der Waals surface area contributed by atoms with Crippen molar-refractivity contribution >= 4 is 5.91 Å². The molecule has 2 heterocycles. The Morgan fingerprint density at radius 1 is 1.13 bits per heavy atom. The van der Waals surface area contributed by atoms with Gasteiger partial charge in [-0.2, -0.15) is 0 Å². The van der Waals surface area contributed by atoms with Crippen LogP contribution in [-0.4, -0.2) is 36.6 Å². The number of benzene rings is 2. The number of methoxy groups -OCH3 is 1. The fourth-order valence-electron chi connectivity index (χ4n) is 4.56. The smallest absolute Gasteiger partial charge is 0.223 e. The summed E-state index contributed by atoms with van der Waals surface area (Å²) in [5.74, 6) is 2.02. The second-order valence-corrected chi connectivity index (χ2v) is 9.06. The highest BCUT2D eigenvalue weighted by Gasteiger charge is 2.35. The third-order valence-electron chi connectivity index (χ3n) is 6.22. The van der Waals surface area contributed by atoms with Gasteiger partial charge < -0.3 is 14.8 Å². The monoisotopic (exact) mass is 408 g/mol. The molecule has 1 saturated heterocycles. The van der Waals surface area contributed by atoms with E-state index in [0.717, 1.165) is 56.0 Å². The van der Waals surface area contributed by atoms with E-state index in [9.17, 15) is 4.79 Å². The number of rotatable bonds is 5. The summed E-state index contributed by atoms with van der Waals surface area (Å²) in [4.78, 5) is 15.5. The molecule has 0 unspecified atom stereocenters. The molecule has 1 atom stereocenters. The number of para-hydroxylation sites is 1. The molecular formula is C25H32N2O3. The molecule has 5 heteroatoms. The number of amides is 1. The van der Waals surface area contributed by atoms with E-state index in [1.807, 2.05) is 30.3 Å². The van der Waals surface area contributed by atoms with Crippen molar-refractivity contribution in [2.75, 3.05) is 20.2 Å². The lowest BCUT2D eigenvalue weighted by atomic mass is 9.88. The average molecular weight is 409 g/mol. The predicted octanol–water partition coefficient (Wildman–Crippen LogP) is 4.33. The van der Waals surface area contributed by atoms with Crippen LogP contribution in [-0.2, 0) is 11.3 Å². The number of piperidine rings is 1. The van der Waals surface area contributed by atoms with Gasteiger partial charge in [0.05, 0.1) is 13.2 Å². The number of carbonyl (C=O) groups is 1. The Balaban J connectivity index is 1.32. The van der Waals surface area contributed by atoms with Gasteiger partial charge in [0.1, 0.15) is 17.1 Å². The molecule has 5 nitrogen and oxygen atoms in total. The molecule has 2 aromatic rings. The maximum atomic E-state index is 13.0. The summed E-state index contributed by atoms with van der Waals surface area (Å²) in [7, 11) is 1.69. The zero-order valence-electron chi connectivity index (χ0n) is 18.2. The highest BCUT2D eigenvalue weighted by atomic mass is 16.5. The van der Waals surface area contributed by atoms with Gasteiger partial charge in [-0.25, -0.2) is 0 Å². The van der Waals surface area contributed by atoms with E-state index in [0.29, 0.717) is 0 Å². The third kappa shape index (κ3) is 4.78. The Bertz CT molecular complexity index is 870. The number of likely N-dealkylation sites (tertiary alicyclic amines) is 1. The lowest BCUT2D eigenvalue weighted by Crippen LogP contribution is -2.45. The van der Waals surface area contributed by atoms with Crippen molar-refractivity contribution in [1.29, 1.82) is 0 Å². The Morgan fingerprint density at radius 3 is 2.53 bits per heavy atom. The number of fused-ring (bicyclic) bond motifs is 1. The van der Waals surface area contributed by atoms with Gasteiger partial charge in [0, 0.05) is 24.4 Å². The van der Waals surface area contributed by atoms with Crippen molar-refractivity contribution in [3.05, 3.63) is 59.7 Å². The fraction of sp³-hybridized carbons (Fsp3) is 0.480. The minimum absolute atomic E-state index is 0.00905. The van der Waals surface area contributed by atoms with Crippen molar-refractivity contribution in [2.45, 2.75) is 51.3 Å². The van der Waals surface area contributed by atoms with Crippen LogP contribution in [0.1, 0.15) is 50.3 Å². The summed E-state index contributed by atoms with van der Waals surface area (Å²) in [6.45, 7) is 6.97. The van der Waals surface area contributed by atoms with Gasteiger partial charge in [-0.05, 0) is 63.5 Å². The van der Waals surface area contributed by atoms with E-state index < -0.39 is 0 Å². The molecule has 2 aliphatic heterocycles. The first-order chi connectivity index (χ1) is 14.4. The number of hydrogen-bond acceptors (Lipinski definition) is 4. The molecule has 1 fully saturated rings. The van der Waals surface area contributed by atoms with Crippen LogP contribution >= 0.6 is 0 Å². The quantitative estimate of drug-likeness (QED) is 0.800. The molecule has 0 radical (unpaired) electrons. The first-order valence-corrected chi connectivity index (χ1v) is 10.9. The van der Waals surface area contributed by atoms with E-state index in [4.69, 9.17) is 9.47 Å². The Labute approximate surface area is 179 Å². The molecule has 30 heavy (non-hydrogen) atoms. The largest absolute Gasteiger partial charge is 0.497 e. The van der Waals surface area contributed by atoms with Crippen LogP contribution in [0.5, 0.6) is 11.5 Å². The number of nitrogens with zero attached hydrogens (tertiary/aromatic N) is 1. The van der Waals surface area contributed by atoms with Crippen LogP contribution in [0, 0.1) is 5.92 Å². The van der Waals surface area contributed by atoms with E-state index in [1.54, 1.807) is 7.11 Å². The second kappa shape index (κ2) is 8.68. The van der Waals surface area contributed by atoms with Crippen molar-refractivity contribution in [2.24, 2.45) is 5.92 Å². The Morgan fingerprint density at radius 2 is 1.83 bits per heavy atom. The van der Waals surface area contributed by atoms with E-state index in [-0.39, 0.29) is 23.5 Å². The summed E-state index contributed by atoms with van der Waals surface area (Å²) in [6.07, 6.45) is 2.58. The van der Waals surface area contributed by atoms with Gasteiger partial charge >= 0.3 is 0 Å². The molecule has 1 amide bonds. The van der Waals surface area contributed by atoms with Crippen LogP contribution in [0.15, 0.2) is 48.5 Å². The number of carbonyl (C=O) groups excluding carboxylic acids is 1. The zero-order chi connectivity index (χ0) is 21.1. The summed E-state index contributed by atoms with van der Waals surface area (Å²) < 4.78 is 11.3. The molecule has 0 aliphatic carbocycles. The van der Waals surface area contributed by atoms with Crippen LogP contribution in [0.4, 0.5) is 0 Å². The van der Waals surface area contributed by atoms with Crippen LogP contribution in [0.2, 0.25) is 0 Å². The van der Waals surface area contributed by atoms with Gasteiger partial charge in [0.2, 0.25) is 5.91 Å². The van der Waals surface area contributed by atoms with Crippen LogP contribution < -0.4 is 14.8 Å². The normalized spacial score (nSPS) is 21.4. The molecule has 2 aromatic carbocycles. The molecular weight excluding hydrogens is 376 g/mol. The summed E-state index contributed by atoms with van der Waals surface area (Å²) in [5, 5.41) is 3.33. The third-order valence-corrected chi connectivity index (χ3v) is 6.22. The molecule has 0 aromatic heterocycles. The van der Waals surface area contributed by atoms with Crippen molar-refractivity contribution in [3.63, 3.8) is 0 Å². The molecule has 4 rings (SSSR count). The first kappa shape index (κ1) is 20.7. The molecule has 1 N–H and O–H groups in total. The maximum Gasteiger partial charge on any atom is 0.223 e. The number of nitrogens with one attached hydrogen (secondary N) is 1. The van der Waals surface area contributed by atoms with Crippen LogP contribution in [0.3, 0.4) is 0 Å². The van der Waals surface area contributed by atoms with E-state index in [1.165, 1.54) is 5.56 Å². The van der Waals surface area contributed by atoms with Crippen molar-refractivity contribution in [1.82, 2.24) is 10.2 Å². The minimum atomic E-state index is -0.284. The maximum absolute atomic E-state index is 13.0. The SMILES string of the molecule is COc1ccc(CN2CCC(C(=O)N[C@@H]3CC(C)(C)Oc4ccccc43)CC2)cc1. The molecule has 0 saturated carbocycles. The highest BCUT2D eigenvalue weighted by Crippen LogP contribution is 2.39. The summed E-state index contributed by atoms with van der Waals surface area (Å²) in [5.41, 5.74) is 2.08. The van der Waals surface area contributed by atoms with Gasteiger partial charge in [-0.1, -0.05) is 30.3 Å². The highest BCUT2D eigenvalue weighted by molar-refractivity contribution is 5.79.